The zero-order valence-electron chi connectivity index (χ0n) is 20.1. The summed E-state index contributed by atoms with van der Waals surface area (Å²) in [4.78, 5) is 0. The minimum absolute atomic E-state index is 0.0180. The summed E-state index contributed by atoms with van der Waals surface area (Å²) < 4.78 is 76.2. The highest BCUT2D eigenvalue weighted by Crippen LogP contribution is 2.44. The van der Waals surface area contributed by atoms with E-state index in [2.05, 4.69) is 0 Å². The highest BCUT2D eigenvalue weighted by Gasteiger charge is 2.28. The molecule has 1 aliphatic heterocycles. The summed E-state index contributed by atoms with van der Waals surface area (Å²) in [5.41, 5.74) is 1.53. The summed E-state index contributed by atoms with van der Waals surface area (Å²) >= 11 is 0. The van der Waals surface area contributed by atoms with Crippen LogP contribution in [-0.4, -0.2) is 6.61 Å². The van der Waals surface area contributed by atoms with E-state index in [9.17, 15) is 13.2 Å². The van der Waals surface area contributed by atoms with Crippen LogP contribution in [0.25, 0.3) is 11.1 Å². The van der Waals surface area contributed by atoms with Gasteiger partial charge in [0.05, 0.1) is 6.61 Å². The quantitative estimate of drug-likeness (QED) is 0.230. The summed E-state index contributed by atoms with van der Waals surface area (Å²) in [7, 11) is 0. The van der Waals surface area contributed by atoms with E-state index in [0.717, 1.165) is 38.5 Å². The van der Waals surface area contributed by atoms with Gasteiger partial charge in [0.2, 0.25) is 5.82 Å². The van der Waals surface area contributed by atoms with Gasteiger partial charge in [0.1, 0.15) is 13.2 Å². The fraction of sp³-hybridized carbons (Fsp3) is 0.379. The number of hydrogen-bond donors (Lipinski definition) is 0. The second-order valence-corrected chi connectivity index (χ2v) is 9.36. The van der Waals surface area contributed by atoms with Crippen molar-refractivity contribution in [3.05, 3.63) is 76.4 Å². The fourth-order valence-electron chi connectivity index (χ4n) is 5.00. The Balaban J connectivity index is 1.35. The first-order valence-corrected chi connectivity index (χ1v) is 12.5. The predicted molar refractivity (Wildman–Crippen MR) is 128 cm³/mol. The topological polar surface area (TPSA) is 27.7 Å². The first-order chi connectivity index (χ1) is 17.5. The van der Waals surface area contributed by atoms with E-state index in [-0.39, 0.29) is 47.5 Å². The van der Waals surface area contributed by atoms with E-state index >= 15 is 4.39 Å². The van der Waals surface area contributed by atoms with Gasteiger partial charge in [-0.25, -0.2) is 13.2 Å². The number of benzene rings is 3. The van der Waals surface area contributed by atoms with Crippen LogP contribution in [0.5, 0.6) is 17.2 Å². The third kappa shape index (κ3) is 4.51. The normalized spacial score (nSPS) is 14.8. The van der Waals surface area contributed by atoms with Gasteiger partial charge in [-0.05, 0) is 60.6 Å². The number of fused-ring (bicyclic) bond motifs is 3. The standard InChI is InChI=1S/C29H28F4O3/c1-2-3-14-34-24-13-11-21-20-10-12-23(26(31)22(20)16-36-29(21)28(24)33)35-15-18-8-9-19(27(32)25(18)30)17-6-4-5-7-17/h8-13,17H,2-7,14-16H2,1H3. The van der Waals surface area contributed by atoms with Crippen molar-refractivity contribution in [3.8, 4) is 28.4 Å². The summed E-state index contributed by atoms with van der Waals surface area (Å²) in [5, 5.41) is 0. The number of unbranched alkanes of at least 4 members (excludes halogenated alkanes) is 1. The molecule has 0 aromatic heterocycles. The molecule has 7 heteroatoms. The monoisotopic (exact) mass is 500 g/mol. The van der Waals surface area contributed by atoms with Gasteiger partial charge < -0.3 is 14.2 Å². The van der Waals surface area contributed by atoms with E-state index in [1.807, 2.05) is 6.92 Å². The Hall–Kier alpha value is -3.22. The molecule has 0 amide bonds. The lowest BCUT2D eigenvalue weighted by Gasteiger charge is -2.23. The van der Waals surface area contributed by atoms with Crippen LogP contribution in [0.15, 0.2) is 36.4 Å². The van der Waals surface area contributed by atoms with Crippen molar-refractivity contribution in [2.75, 3.05) is 6.61 Å². The minimum atomic E-state index is -0.956. The molecule has 0 saturated heterocycles. The second-order valence-electron chi connectivity index (χ2n) is 9.36. The molecular formula is C29H28F4O3. The predicted octanol–water partition coefficient (Wildman–Crippen LogP) is 8.22. The van der Waals surface area contributed by atoms with Crippen molar-refractivity contribution >= 4 is 0 Å². The molecule has 3 aromatic carbocycles. The summed E-state index contributed by atoms with van der Waals surface area (Å²) in [5.74, 6) is -3.05. The lowest BCUT2D eigenvalue weighted by Crippen LogP contribution is -2.12. The molecule has 0 atom stereocenters. The summed E-state index contributed by atoms with van der Waals surface area (Å²) in [6.45, 7) is 1.89. The summed E-state index contributed by atoms with van der Waals surface area (Å²) in [6.07, 6.45) is 5.47. The second kappa shape index (κ2) is 10.4. The highest BCUT2D eigenvalue weighted by molar-refractivity contribution is 5.77. The third-order valence-electron chi connectivity index (χ3n) is 7.05. The lowest BCUT2D eigenvalue weighted by atomic mass is 9.95. The van der Waals surface area contributed by atoms with Crippen molar-refractivity contribution in [3.63, 3.8) is 0 Å². The molecule has 0 bridgehead atoms. The zero-order valence-corrected chi connectivity index (χ0v) is 20.1. The summed E-state index contributed by atoms with van der Waals surface area (Å²) in [6, 6.07) is 9.29. The number of ether oxygens (including phenoxy) is 3. The van der Waals surface area contributed by atoms with Crippen molar-refractivity contribution in [1.82, 2.24) is 0 Å². The highest BCUT2D eigenvalue weighted by atomic mass is 19.2. The molecule has 36 heavy (non-hydrogen) atoms. The number of rotatable bonds is 8. The molecule has 3 nitrogen and oxygen atoms in total. The van der Waals surface area contributed by atoms with Crippen molar-refractivity contribution in [2.45, 2.75) is 64.6 Å². The van der Waals surface area contributed by atoms with Gasteiger partial charge in [-0.1, -0.05) is 38.3 Å². The average Bonchev–Trinajstić information content (AvgIpc) is 3.42. The van der Waals surface area contributed by atoms with Crippen molar-refractivity contribution in [1.29, 1.82) is 0 Å². The van der Waals surface area contributed by atoms with Crippen LogP contribution in [0.1, 0.15) is 68.1 Å². The van der Waals surface area contributed by atoms with Crippen LogP contribution in [0.2, 0.25) is 0 Å². The van der Waals surface area contributed by atoms with Crippen LogP contribution in [0.3, 0.4) is 0 Å². The van der Waals surface area contributed by atoms with Gasteiger partial charge in [0.25, 0.3) is 0 Å². The smallest absolute Gasteiger partial charge is 0.207 e. The largest absolute Gasteiger partial charge is 0.490 e. The Morgan fingerprint density at radius 1 is 0.806 bits per heavy atom. The van der Waals surface area contributed by atoms with E-state index in [0.29, 0.717) is 23.3 Å². The van der Waals surface area contributed by atoms with E-state index in [1.165, 1.54) is 18.2 Å². The maximum Gasteiger partial charge on any atom is 0.207 e. The Labute approximate surface area is 208 Å². The van der Waals surface area contributed by atoms with E-state index in [4.69, 9.17) is 14.2 Å². The molecule has 0 spiro atoms. The molecule has 1 saturated carbocycles. The van der Waals surface area contributed by atoms with Gasteiger partial charge in [-0.2, -0.15) is 4.39 Å². The average molecular weight is 501 g/mol. The number of halogens is 4. The molecule has 190 valence electrons. The van der Waals surface area contributed by atoms with E-state index in [1.54, 1.807) is 18.2 Å². The molecule has 1 aliphatic carbocycles. The molecule has 3 aromatic rings. The molecule has 0 unspecified atom stereocenters. The fourth-order valence-corrected chi connectivity index (χ4v) is 5.00. The first kappa shape index (κ1) is 24.5. The Morgan fingerprint density at radius 2 is 1.53 bits per heavy atom. The maximum absolute atomic E-state index is 15.3. The Morgan fingerprint density at radius 3 is 2.28 bits per heavy atom. The molecule has 0 radical (unpaired) electrons. The molecule has 5 rings (SSSR count). The zero-order chi connectivity index (χ0) is 25.2. The van der Waals surface area contributed by atoms with Crippen LogP contribution < -0.4 is 14.2 Å². The van der Waals surface area contributed by atoms with Gasteiger partial charge in [0.15, 0.2) is 34.7 Å². The van der Waals surface area contributed by atoms with Gasteiger partial charge in [-0.15, -0.1) is 0 Å². The van der Waals surface area contributed by atoms with Crippen molar-refractivity contribution < 1.29 is 31.8 Å². The SMILES string of the molecule is CCCCOc1ccc2c(c1F)OCc1c-2ccc(OCc2ccc(C3CCCC3)c(F)c2F)c1F. The maximum atomic E-state index is 15.3. The van der Waals surface area contributed by atoms with Gasteiger partial charge in [0, 0.05) is 16.7 Å². The van der Waals surface area contributed by atoms with Gasteiger partial charge >= 0.3 is 0 Å². The molecular weight excluding hydrogens is 472 g/mol. The van der Waals surface area contributed by atoms with E-state index < -0.39 is 23.3 Å². The minimum Gasteiger partial charge on any atom is -0.490 e. The Bertz CT molecular complexity index is 1270. The Kier molecular flexibility index (Phi) is 7.08. The third-order valence-corrected chi connectivity index (χ3v) is 7.05. The first-order valence-electron chi connectivity index (χ1n) is 12.5. The van der Waals surface area contributed by atoms with Crippen LogP contribution >= 0.6 is 0 Å². The van der Waals surface area contributed by atoms with Gasteiger partial charge in [-0.3, -0.25) is 0 Å². The molecule has 2 aliphatic rings. The number of hydrogen-bond acceptors (Lipinski definition) is 3. The van der Waals surface area contributed by atoms with Crippen LogP contribution in [-0.2, 0) is 13.2 Å². The lowest BCUT2D eigenvalue weighted by molar-refractivity contribution is 0.254. The van der Waals surface area contributed by atoms with Crippen LogP contribution in [0, 0.1) is 23.3 Å². The molecule has 0 N–H and O–H groups in total. The molecule has 1 heterocycles. The van der Waals surface area contributed by atoms with Crippen LogP contribution in [0.4, 0.5) is 17.6 Å². The van der Waals surface area contributed by atoms with Crippen molar-refractivity contribution in [2.24, 2.45) is 0 Å². The molecule has 1 fully saturated rings.